The molecule has 0 atom stereocenters. The maximum absolute atomic E-state index is 12.3. The molecule has 2 aromatic rings. The second-order valence-electron chi connectivity index (χ2n) is 5.52. The summed E-state index contributed by atoms with van der Waals surface area (Å²) in [6.45, 7) is 7.57. The molecule has 3 rings (SSSR count). The average molecular weight is 315 g/mol. The fourth-order valence-corrected chi connectivity index (χ4v) is 2.64. The molecule has 3 heterocycles. The molecule has 1 aliphatic rings. The quantitative estimate of drug-likeness (QED) is 0.927. The molecule has 1 fully saturated rings. The topological polar surface area (TPSA) is 74.5 Å². The number of aryl methyl sites for hydroxylation is 1. The summed E-state index contributed by atoms with van der Waals surface area (Å²) in [6, 6.07) is 3.63. The number of hydrogen-bond donors (Lipinski definition) is 1. The van der Waals surface area contributed by atoms with Crippen molar-refractivity contribution in [1.82, 2.24) is 14.9 Å². The second-order valence-corrected chi connectivity index (χ2v) is 5.52. The number of amides is 1. The smallest absolute Gasteiger partial charge is 0.257 e. The van der Waals surface area contributed by atoms with Crippen molar-refractivity contribution >= 4 is 17.7 Å². The largest absolute Gasteiger partial charge is 0.472 e. The summed E-state index contributed by atoms with van der Waals surface area (Å²) in [5.74, 6) is 1.57. The highest BCUT2D eigenvalue weighted by Gasteiger charge is 2.24. The monoisotopic (exact) mass is 315 g/mol. The number of piperazine rings is 1. The number of nitrogens with one attached hydrogen (secondary N) is 1. The van der Waals surface area contributed by atoms with Crippen molar-refractivity contribution in [3.63, 3.8) is 0 Å². The molecule has 7 heteroatoms. The lowest BCUT2D eigenvalue weighted by atomic mass is 10.2. The Bertz CT molecular complexity index is 663. The van der Waals surface area contributed by atoms with Crippen molar-refractivity contribution in [2.75, 3.05) is 42.9 Å². The van der Waals surface area contributed by atoms with Gasteiger partial charge in [0, 0.05) is 44.5 Å². The zero-order chi connectivity index (χ0) is 16.2. The molecule has 0 spiro atoms. The Hall–Kier alpha value is -2.57. The molecule has 1 N–H and O–H groups in total. The molecule has 1 amide bonds. The fourth-order valence-electron chi connectivity index (χ4n) is 2.64. The zero-order valence-corrected chi connectivity index (χ0v) is 13.5. The Morgan fingerprint density at radius 3 is 2.74 bits per heavy atom. The molecule has 7 nitrogen and oxygen atoms in total. The van der Waals surface area contributed by atoms with E-state index in [0.29, 0.717) is 18.7 Å². The number of hydrogen-bond acceptors (Lipinski definition) is 6. The summed E-state index contributed by atoms with van der Waals surface area (Å²) in [5.41, 5.74) is 1.53. The molecular weight excluding hydrogens is 294 g/mol. The average Bonchev–Trinajstić information content (AvgIpc) is 3.08. The van der Waals surface area contributed by atoms with Crippen LogP contribution in [0.3, 0.4) is 0 Å². The van der Waals surface area contributed by atoms with E-state index in [4.69, 9.17) is 4.42 Å². The van der Waals surface area contributed by atoms with Crippen LogP contribution in [0, 0.1) is 6.92 Å². The van der Waals surface area contributed by atoms with E-state index in [0.717, 1.165) is 37.1 Å². The molecule has 0 unspecified atom stereocenters. The van der Waals surface area contributed by atoms with Crippen molar-refractivity contribution in [1.29, 1.82) is 0 Å². The number of rotatable bonds is 4. The summed E-state index contributed by atoms with van der Waals surface area (Å²) in [4.78, 5) is 25.3. The van der Waals surface area contributed by atoms with Crippen molar-refractivity contribution in [3.05, 3.63) is 35.9 Å². The van der Waals surface area contributed by atoms with Crippen LogP contribution >= 0.6 is 0 Å². The summed E-state index contributed by atoms with van der Waals surface area (Å²) in [5, 5.41) is 3.22. The van der Waals surface area contributed by atoms with E-state index < -0.39 is 0 Å². The standard InChI is InChI=1S/C16H21N5O2/c1-3-17-14-10-12(2)18-16(19-14)21-7-5-20(6-8-21)15(22)13-4-9-23-11-13/h4,9-11H,3,5-8H2,1-2H3,(H,17,18,19). The zero-order valence-electron chi connectivity index (χ0n) is 13.5. The molecule has 1 aliphatic heterocycles. The van der Waals surface area contributed by atoms with E-state index in [1.807, 2.05) is 24.8 Å². The molecule has 2 aromatic heterocycles. The van der Waals surface area contributed by atoms with E-state index in [1.165, 1.54) is 12.5 Å². The van der Waals surface area contributed by atoms with Crippen LogP contribution in [0.1, 0.15) is 23.0 Å². The van der Waals surface area contributed by atoms with Gasteiger partial charge in [0.25, 0.3) is 5.91 Å². The first-order chi connectivity index (χ1) is 11.2. The number of carbonyl (C=O) groups is 1. The number of carbonyl (C=O) groups excluding carboxylic acids is 1. The van der Waals surface area contributed by atoms with Gasteiger partial charge in [0.1, 0.15) is 12.1 Å². The van der Waals surface area contributed by atoms with Gasteiger partial charge in [-0.05, 0) is 19.9 Å². The maximum atomic E-state index is 12.3. The van der Waals surface area contributed by atoms with Gasteiger partial charge in [0.2, 0.25) is 5.95 Å². The van der Waals surface area contributed by atoms with Gasteiger partial charge in [0.15, 0.2) is 0 Å². The van der Waals surface area contributed by atoms with Crippen LogP contribution in [0.4, 0.5) is 11.8 Å². The van der Waals surface area contributed by atoms with Gasteiger partial charge in [-0.3, -0.25) is 4.79 Å². The Morgan fingerprint density at radius 2 is 2.09 bits per heavy atom. The highest BCUT2D eigenvalue weighted by Crippen LogP contribution is 2.17. The predicted molar refractivity (Wildman–Crippen MR) is 87.8 cm³/mol. The summed E-state index contributed by atoms with van der Waals surface area (Å²) in [6.07, 6.45) is 3.01. The van der Waals surface area contributed by atoms with E-state index in [9.17, 15) is 4.79 Å². The van der Waals surface area contributed by atoms with Crippen LogP contribution in [-0.2, 0) is 0 Å². The van der Waals surface area contributed by atoms with Gasteiger partial charge in [-0.25, -0.2) is 4.98 Å². The second kappa shape index (κ2) is 6.68. The molecule has 0 saturated carbocycles. The van der Waals surface area contributed by atoms with Crippen LogP contribution in [0.15, 0.2) is 29.1 Å². The van der Waals surface area contributed by atoms with Crippen molar-refractivity contribution in [2.24, 2.45) is 0 Å². The summed E-state index contributed by atoms with van der Waals surface area (Å²) >= 11 is 0. The first-order valence-electron chi connectivity index (χ1n) is 7.83. The van der Waals surface area contributed by atoms with E-state index in [2.05, 4.69) is 20.2 Å². The molecule has 0 aromatic carbocycles. The lowest BCUT2D eigenvalue weighted by molar-refractivity contribution is 0.0745. The normalized spacial score (nSPS) is 14.9. The minimum absolute atomic E-state index is 0.0110. The Morgan fingerprint density at radius 1 is 1.30 bits per heavy atom. The van der Waals surface area contributed by atoms with Crippen LogP contribution < -0.4 is 10.2 Å². The van der Waals surface area contributed by atoms with Crippen LogP contribution in [0.5, 0.6) is 0 Å². The lowest BCUT2D eigenvalue weighted by Crippen LogP contribution is -2.49. The minimum atomic E-state index is 0.0110. The first-order valence-corrected chi connectivity index (χ1v) is 7.83. The van der Waals surface area contributed by atoms with Gasteiger partial charge in [-0.15, -0.1) is 0 Å². The van der Waals surface area contributed by atoms with Gasteiger partial charge < -0.3 is 19.5 Å². The molecular formula is C16H21N5O2. The summed E-state index contributed by atoms with van der Waals surface area (Å²) < 4.78 is 4.98. The van der Waals surface area contributed by atoms with E-state index in [1.54, 1.807) is 6.07 Å². The van der Waals surface area contributed by atoms with Gasteiger partial charge in [-0.1, -0.05) is 0 Å². The Balaban J connectivity index is 1.66. The highest BCUT2D eigenvalue weighted by atomic mass is 16.3. The molecule has 0 bridgehead atoms. The van der Waals surface area contributed by atoms with Gasteiger partial charge in [-0.2, -0.15) is 4.98 Å². The first kappa shape index (κ1) is 15.3. The minimum Gasteiger partial charge on any atom is -0.472 e. The SMILES string of the molecule is CCNc1cc(C)nc(N2CCN(C(=O)c3ccoc3)CC2)n1. The molecule has 0 aliphatic carbocycles. The van der Waals surface area contributed by atoms with Crippen molar-refractivity contribution in [3.8, 4) is 0 Å². The highest BCUT2D eigenvalue weighted by molar-refractivity contribution is 5.94. The van der Waals surface area contributed by atoms with Crippen LogP contribution in [-0.4, -0.2) is 53.5 Å². The molecule has 1 saturated heterocycles. The Labute approximate surface area is 135 Å². The third-order valence-electron chi connectivity index (χ3n) is 3.82. The number of furan rings is 1. The molecule has 122 valence electrons. The predicted octanol–water partition coefficient (Wildman–Crippen LogP) is 1.77. The van der Waals surface area contributed by atoms with Crippen molar-refractivity contribution < 1.29 is 9.21 Å². The number of aromatic nitrogens is 2. The number of anilines is 2. The van der Waals surface area contributed by atoms with E-state index >= 15 is 0 Å². The van der Waals surface area contributed by atoms with Crippen LogP contribution in [0.25, 0.3) is 0 Å². The van der Waals surface area contributed by atoms with E-state index in [-0.39, 0.29) is 5.91 Å². The van der Waals surface area contributed by atoms with Gasteiger partial charge >= 0.3 is 0 Å². The molecule has 23 heavy (non-hydrogen) atoms. The summed E-state index contributed by atoms with van der Waals surface area (Å²) in [7, 11) is 0. The number of nitrogens with zero attached hydrogens (tertiary/aromatic N) is 4. The fraction of sp³-hybridized carbons (Fsp3) is 0.438. The van der Waals surface area contributed by atoms with Gasteiger partial charge in [0.05, 0.1) is 11.8 Å². The van der Waals surface area contributed by atoms with Crippen LogP contribution in [0.2, 0.25) is 0 Å². The Kier molecular flexibility index (Phi) is 4.45. The third kappa shape index (κ3) is 3.44. The lowest BCUT2D eigenvalue weighted by Gasteiger charge is -2.34. The maximum Gasteiger partial charge on any atom is 0.257 e. The third-order valence-corrected chi connectivity index (χ3v) is 3.82. The van der Waals surface area contributed by atoms with Crippen molar-refractivity contribution in [2.45, 2.75) is 13.8 Å². The molecule has 0 radical (unpaired) electrons.